The van der Waals surface area contributed by atoms with E-state index < -0.39 is 0 Å². The van der Waals surface area contributed by atoms with Gasteiger partial charge >= 0.3 is 0 Å². The van der Waals surface area contributed by atoms with Crippen LogP contribution in [-0.2, 0) is 6.42 Å². The molecule has 0 radical (unpaired) electrons. The van der Waals surface area contributed by atoms with Crippen molar-refractivity contribution in [2.75, 3.05) is 37.6 Å². The van der Waals surface area contributed by atoms with Gasteiger partial charge in [0.2, 0.25) is 0 Å². The van der Waals surface area contributed by atoms with Gasteiger partial charge in [0.15, 0.2) is 5.58 Å². The average Bonchev–Trinajstić information content (AvgIpc) is 3.20. The monoisotopic (exact) mass is 374 g/mol. The minimum absolute atomic E-state index is 0.554. The van der Waals surface area contributed by atoms with Gasteiger partial charge in [0.1, 0.15) is 0 Å². The zero-order valence-electron chi connectivity index (χ0n) is 16.6. The molecular formula is C25H30N2O. The molecule has 2 fully saturated rings. The largest absolute Gasteiger partial charge is 0.462 e. The van der Waals surface area contributed by atoms with E-state index in [4.69, 9.17) is 4.42 Å². The van der Waals surface area contributed by atoms with Gasteiger partial charge in [-0.1, -0.05) is 48.9 Å². The van der Waals surface area contributed by atoms with E-state index in [1.165, 1.54) is 55.3 Å². The third kappa shape index (κ3) is 3.56. The van der Waals surface area contributed by atoms with Gasteiger partial charge in [0.05, 0.1) is 12.0 Å². The number of hydrogen-bond donors (Lipinski definition) is 0. The van der Waals surface area contributed by atoms with Gasteiger partial charge < -0.3 is 9.32 Å². The number of rotatable bonds is 6. The number of para-hydroxylation sites is 1. The van der Waals surface area contributed by atoms with Crippen molar-refractivity contribution < 1.29 is 4.42 Å². The zero-order chi connectivity index (χ0) is 18.8. The van der Waals surface area contributed by atoms with Crippen LogP contribution in [0.5, 0.6) is 0 Å². The molecule has 0 spiro atoms. The van der Waals surface area contributed by atoms with Crippen LogP contribution < -0.4 is 4.90 Å². The standard InChI is InChI=1S/C25H30N2O/c1-2-6-21(7-3-1)20-25(11-5-12-25)13-14-26-15-17-27(18-16-26)23-9-4-8-22-10-19-28-24(22)23/h1-4,6-10,19H,5,11-18,20H2. The molecule has 0 amide bonds. The minimum Gasteiger partial charge on any atom is -0.462 e. The van der Waals surface area contributed by atoms with Crippen molar-refractivity contribution >= 4 is 16.7 Å². The second kappa shape index (κ2) is 7.63. The highest BCUT2D eigenvalue weighted by Crippen LogP contribution is 2.46. The van der Waals surface area contributed by atoms with E-state index >= 15 is 0 Å². The first-order valence-corrected chi connectivity index (χ1v) is 10.8. The summed E-state index contributed by atoms with van der Waals surface area (Å²) in [5, 5.41) is 1.20. The lowest BCUT2D eigenvalue weighted by atomic mass is 9.63. The Labute approximate surface area is 167 Å². The molecule has 5 rings (SSSR count). The lowest BCUT2D eigenvalue weighted by Crippen LogP contribution is -2.48. The number of benzene rings is 2. The fourth-order valence-electron chi connectivity index (χ4n) is 5.05. The Balaban J connectivity index is 1.17. The topological polar surface area (TPSA) is 19.6 Å². The fraction of sp³-hybridized carbons (Fsp3) is 0.440. The van der Waals surface area contributed by atoms with E-state index in [1.54, 1.807) is 6.26 Å². The quantitative estimate of drug-likeness (QED) is 0.579. The molecule has 2 aliphatic rings. The molecule has 0 unspecified atom stereocenters. The molecule has 0 N–H and O–H groups in total. The Morgan fingerprint density at radius 2 is 1.68 bits per heavy atom. The Morgan fingerprint density at radius 3 is 2.43 bits per heavy atom. The lowest BCUT2D eigenvalue weighted by Gasteiger charge is -2.44. The van der Waals surface area contributed by atoms with E-state index in [-0.39, 0.29) is 0 Å². The molecule has 0 atom stereocenters. The lowest BCUT2D eigenvalue weighted by molar-refractivity contribution is 0.0947. The van der Waals surface area contributed by atoms with Gasteiger partial charge in [-0.3, -0.25) is 4.90 Å². The first-order valence-electron chi connectivity index (χ1n) is 10.8. The van der Waals surface area contributed by atoms with Gasteiger partial charge in [0, 0.05) is 31.6 Å². The van der Waals surface area contributed by atoms with Crippen molar-refractivity contribution in [3.63, 3.8) is 0 Å². The molecule has 28 heavy (non-hydrogen) atoms. The molecule has 1 saturated carbocycles. The van der Waals surface area contributed by atoms with E-state index in [9.17, 15) is 0 Å². The number of piperazine rings is 1. The smallest absolute Gasteiger partial charge is 0.157 e. The summed E-state index contributed by atoms with van der Waals surface area (Å²) in [5.41, 5.74) is 4.35. The SMILES string of the molecule is c1ccc(CC2(CCN3CCN(c4cccc5ccoc45)CC3)CCC2)cc1. The summed E-state index contributed by atoms with van der Waals surface area (Å²) in [7, 11) is 0. The second-order valence-corrected chi connectivity index (χ2v) is 8.71. The number of anilines is 1. The summed E-state index contributed by atoms with van der Waals surface area (Å²) in [6.07, 6.45) is 8.62. The normalized spacial score (nSPS) is 19.6. The molecule has 1 aliphatic heterocycles. The fourth-order valence-corrected chi connectivity index (χ4v) is 5.05. The van der Waals surface area contributed by atoms with Crippen LogP contribution in [0.2, 0.25) is 0 Å². The predicted octanol–water partition coefficient (Wildman–Crippen LogP) is 5.36. The summed E-state index contributed by atoms with van der Waals surface area (Å²) >= 11 is 0. The van der Waals surface area contributed by atoms with E-state index in [0.717, 1.165) is 31.8 Å². The molecule has 146 valence electrons. The highest BCUT2D eigenvalue weighted by molar-refractivity contribution is 5.89. The van der Waals surface area contributed by atoms with Crippen molar-refractivity contribution in [2.24, 2.45) is 5.41 Å². The van der Waals surface area contributed by atoms with Gasteiger partial charge in [-0.05, 0) is 55.3 Å². The van der Waals surface area contributed by atoms with E-state index in [2.05, 4.69) is 64.4 Å². The summed E-state index contributed by atoms with van der Waals surface area (Å²) in [6, 6.07) is 19.6. The van der Waals surface area contributed by atoms with Crippen LogP contribution in [0.25, 0.3) is 11.0 Å². The van der Waals surface area contributed by atoms with Crippen molar-refractivity contribution in [1.29, 1.82) is 0 Å². The predicted molar refractivity (Wildman–Crippen MR) is 116 cm³/mol. The number of fused-ring (bicyclic) bond motifs is 1. The highest BCUT2D eigenvalue weighted by atomic mass is 16.3. The van der Waals surface area contributed by atoms with Crippen LogP contribution in [0, 0.1) is 5.41 Å². The summed E-state index contributed by atoms with van der Waals surface area (Å²) in [4.78, 5) is 5.16. The van der Waals surface area contributed by atoms with Crippen LogP contribution in [-0.4, -0.2) is 37.6 Å². The van der Waals surface area contributed by atoms with E-state index in [1.807, 2.05) is 0 Å². The van der Waals surface area contributed by atoms with Crippen LogP contribution in [0.15, 0.2) is 65.3 Å². The van der Waals surface area contributed by atoms with Crippen LogP contribution in [0.4, 0.5) is 5.69 Å². The number of nitrogens with zero attached hydrogens (tertiary/aromatic N) is 2. The number of furan rings is 1. The molecular weight excluding hydrogens is 344 g/mol. The van der Waals surface area contributed by atoms with Crippen molar-refractivity contribution in [2.45, 2.75) is 32.1 Å². The third-order valence-electron chi connectivity index (χ3n) is 6.97. The van der Waals surface area contributed by atoms with Gasteiger partial charge in [-0.15, -0.1) is 0 Å². The Morgan fingerprint density at radius 1 is 0.857 bits per heavy atom. The number of hydrogen-bond acceptors (Lipinski definition) is 3. The van der Waals surface area contributed by atoms with Crippen LogP contribution in [0.3, 0.4) is 0 Å². The molecule has 2 aromatic carbocycles. The maximum atomic E-state index is 5.74. The molecule has 1 aliphatic carbocycles. The summed E-state index contributed by atoms with van der Waals surface area (Å²) in [6.45, 7) is 5.72. The van der Waals surface area contributed by atoms with Gasteiger partial charge in [-0.2, -0.15) is 0 Å². The average molecular weight is 375 g/mol. The van der Waals surface area contributed by atoms with Crippen molar-refractivity contribution in [1.82, 2.24) is 4.90 Å². The van der Waals surface area contributed by atoms with Crippen molar-refractivity contribution in [3.05, 3.63) is 66.4 Å². The zero-order valence-corrected chi connectivity index (χ0v) is 16.6. The first kappa shape index (κ1) is 17.8. The first-order chi connectivity index (χ1) is 13.8. The molecule has 0 bridgehead atoms. The minimum atomic E-state index is 0.554. The van der Waals surface area contributed by atoms with E-state index in [0.29, 0.717) is 5.41 Å². The molecule has 3 heteroatoms. The molecule has 3 aromatic rings. The highest BCUT2D eigenvalue weighted by Gasteiger charge is 2.37. The second-order valence-electron chi connectivity index (χ2n) is 8.71. The Kier molecular flexibility index (Phi) is 4.86. The molecule has 1 aromatic heterocycles. The molecule has 2 heterocycles. The van der Waals surface area contributed by atoms with Crippen LogP contribution >= 0.6 is 0 Å². The summed E-state index contributed by atoms with van der Waals surface area (Å²) in [5.74, 6) is 0. The van der Waals surface area contributed by atoms with Gasteiger partial charge in [0.25, 0.3) is 0 Å². The molecule has 1 saturated heterocycles. The van der Waals surface area contributed by atoms with Crippen molar-refractivity contribution in [3.8, 4) is 0 Å². The van der Waals surface area contributed by atoms with Gasteiger partial charge in [-0.25, -0.2) is 0 Å². The Hall–Kier alpha value is -2.26. The maximum absolute atomic E-state index is 5.74. The molecule has 3 nitrogen and oxygen atoms in total. The summed E-state index contributed by atoms with van der Waals surface area (Å²) < 4.78 is 5.74. The third-order valence-corrected chi connectivity index (χ3v) is 6.97. The van der Waals surface area contributed by atoms with Crippen LogP contribution in [0.1, 0.15) is 31.2 Å². The Bertz CT molecular complexity index is 904. The maximum Gasteiger partial charge on any atom is 0.157 e.